The van der Waals surface area contributed by atoms with Crippen LogP contribution >= 0.6 is 0 Å². The quantitative estimate of drug-likeness (QED) is 0.478. The highest BCUT2D eigenvalue weighted by atomic mass is 19.4. The summed E-state index contributed by atoms with van der Waals surface area (Å²) in [6.45, 7) is 1.20. The van der Waals surface area contributed by atoms with Crippen LogP contribution in [0.25, 0.3) is 0 Å². The maximum Gasteiger partial charge on any atom is 0.416 e. The second-order valence-corrected chi connectivity index (χ2v) is 9.53. The number of piperidine rings is 1. The summed E-state index contributed by atoms with van der Waals surface area (Å²) in [7, 11) is 0. The lowest BCUT2D eigenvalue weighted by atomic mass is 9.90. The van der Waals surface area contributed by atoms with E-state index < -0.39 is 11.7 Å². The number of rotatable bonds is 5. The van der Waals surface area contributed by atoms with Gasteiger partial charge in [0.05, 0.1) is 5.56 Å². The Balaban J connectivity index is 1.40. The highest BCUT2D eigenvalue weighted by Crippen LogP contribution is 2.31. The molecule has 4 nitrogen and oxygen atoms in total. The minimum absolute atomic E-state index is 0.0721. The van der Waals surface area contributed by atoms with Crippen LogP contribution in [0, 0.1) is 11.7 Å². The Bertz CT molecular complexity index is 1010. The molecule has 8 heteroatoms. The average Bonchev–Trinajstić information content (AvgIpc) is 2.88. The van der Waals surface area contributed by atoms with Gasteiger partial charge in [-0.2, -0.15) is 13.2 Å². The Morgan fingerprint density at radius 1 is 0.857 bits per heavy atom. The van der Waals surface area contributed by atoms with Gasteiger partial charge in [-0.3, -0.25) is 9.59 Å². The van der Waals surface area contributed by atoms with Crippen LogP contribution in [0.15, 0.2) is 48.5 Å². The number of halogens is 4. The Labute approximate surface area is 202 Å². The van der Waals surface area contributed by atoms with Crippen LogP contribution in [0.2, 0.25) is 0 Å². The lowest BCUT2D eigenvalue weighted by molar-refractivity contribution is -0.141. The summed E-state index contributed by atoms with van der Waals surface area (Å²) in [6.07, 6.45) is 1.82. The van der Waals surface area contributed by atoms with Crippen molar-refractivity contribution in [2.45, 2.75) is 63.7 Å². The molecule has 35 heavy (non-hydrogen) atoms. The number of benzene rings is 2. The number of carbonyl (C=O) groups is 2. The predicted octanol–water partition coefficient (Wildman–Crippen LogP) is 6.06. The molecular formula is C27H30F4N2O2. The Morgan fingerprint density at radius 3 is 2.03 bits per heavy atom. The first-order valence-corrected chi connectivity index (χ1v) is 12.2. The molecule has 0 bridgehead atoms. The fourth-order valence-corrected chi connectivity index (χ4v) is 5.11. The van der Waals surface area contributed by atoms with Gasteiger partial charge >= 0.3 is 6.18 Å². The molecule has 1 aliphatic carbocycles. The van der Waals surface area contributed by atoms with Crippen LogP contribution in [-0.2, 0) is 17.5 Å². The number of amides is 2. The summed E-state index contributed by atoms with van der Waals surface area (Å²) >= 11 is 0. The summed E-state index contributed by atoms with van der Waals surface area (Å²) in [6, 6.07) is 10.6. The number of likely N-dealkylation sites (tertiary alicyclic amines) is 1. The molecule has 2 aromatic rings. The van der Waals surface area contributed by atoms with Crippen LogP contribution in [-0.4, -0.2) is 40.7 Å². The Hall–Kier alpha value is -2.90. The third-order valence-electron chi connectivity index (χ3n) is 7.16. The van der Waals surface area contributed by atoms with E-state index in [1.54, 1.807) is 17.0 Å². The summed E-state index contributed by atoms with van der Waals surface area (Å²) < 4.78 is 51.8. The van der Waals surface area contributed by atoms with Crippen molar-refractivity contribution in [3.8, 4) is 0 Å². The minimum Gasteiger partial charge on any atom is -0.339 e. The van der Waals surface area contributed by atoms with Gasteiger partial charge in [0.15, 0.2) is 0 Å². The SMILES string of the molecule is O=C(c1ccc(C(F)(F)F)cc1)N1CCC(C(=O)N(Cc2ccc(F)cc2)C2CCCCC2)CC1. The molecule has 4 rings (SSSR count). The van der Waals surface area contributed by atoms with Gasteiger partial charge in [0.25, 0.3) is 5.91 Å². The van der Waals surface area contributed by atoms with Crippen LogP contribution in [0.1, 0.15) is 66.4 Å². The summed E-state index contributed by atoms with van der Waals surface area (Å²) in [4.78, 5) is 30.0. The van der Waals surface area contributed by atoms with Gasteiger partial charge in [-0.15, -0.1) is 0 Å². The maximum atomic E-state index is 13.6. The van der Waals surface area contributed by atoms with Crippen LogP contribution in [0.3, 0.4) is 0 Å². The smallest absolute Gasteiger partial charge is 0.339 e. The summed E-state index contributed by atoms with van der Waals surface area (Å²) in [5, 5.41) is 0. The number of carbonyl (C=O) groups excluding carboxylic acids is 2. The molecule has 0 N–H and O–H groups in total. The zero-order valence-electron chi connectivity index (χ0n) is 19.6. The molecule has 2 aliphatic rings. The van der Waals surface area contributed by atoms with E-state index in [1.165, 1.54) is 30.7 Å². The molecule has 2 aromatic carbocycles. The molecule has 0 unspecified atom stereocenters. The largest absolute Gasteiger partial charge is 0.416 e. The highest BCUT2D eigenvalue weighted by Gasteiger charge is 2.34. The minimum atomic E-state index is -4.45. The number of hydrogen-bond acceptors (Lipinski definition) is 2. The molecule has 1 aliphatic heterocycles. The lowest BCUT2D eigenvalue weighted by Crippen LogP contribution is -2.47. The molecule has 1 heterocycles. The van der Waals surface area contributed by atoms with Crippen LogP contribution in [0.4, 0.5) is 17.6 Å². The molecule has 0 spiro atoms. The standard InChI is InChI=1S/C27H30F4N2O2/c28-23-12-6-19(7-13-23)18-33(24-4-2-1-3-5-24)26(35)21-14-16-32(17-15-21)25(34)20-8-10-22(11-9-20)27(29,30)31/h6-13,21,24H,1-5,14-18H2. The zero-order valence-corrected chi connectivity index (χ0v) is 19.6. The van der Waals surface area contributed by atoms with E-state index >= 15 is 0 Å². The normalized spacial score (nSPS) is 17.9. The zero-order chi connectivity index (χ0) is 25.0. The van der Waals surface area contributed by atoms with Gasteiger partial charge in [-0.1, -0.05) is 31.4 Å². The van der Waals surface area contributed by atoms with Crippen molar-refractivity contribution in [2.75, 3.05) is 13.1 Å². The van der Waals surface area contributed by atoms with Gasteiger partial charge in [-0.25, -0.2) is 4.39 Å². The maximum absolute atomic E-state index is 13.6. The summed E-state index contributed by atoms with van der Waals surface area (Å²) in [5.41, 5.74) is 0.311. The van der Waals surface area contributed by atoms with Gasteiger partial charge in [0, 0.05) is 37.2 Å². The molecule has 188 valence electrons. The monoisotopic (exact) mass is 490 g/mol. The van der Waals surface area contributed by atoms with Gasteiger partial charge in [-0.05, 0) is 67.6 Å². The van der Waals surface area contributed by atoms with Crippen molar-refractivity contribution in [1.82, 2.24) is 9.80 Å². The van der Waals surface area contributed by atoms with E-state index in [0.717, 1.165) is 43.4 Å². The third-order valence-corrected chi connectivity index (χ3v) is 7.16. The van der Waals surface area contributed by atoms with Gasteiger partial charge in [0.1, 0.15) is 5.82 Å². The number of nitrogens with zero attached hydrogens (tertiary/aromatic N) is 2. The second-order valence-electron chi connectivity index (χ2n) is 9.53. The Kier molecular flexibility index (Phi) is 7.77. The molecule has 2 fully saturated rings. The van der Waals surface area contributed by atoms with E-state index in [9.17, 15) is 27.2 Å². The topological polar surface area (TPSA) is 40.6 Å². The Morgan fingerprint density at radius 2 is 1.46 bits per heavy atom. The van der Waals surface area contributed by atoms with Crippen molar-refractivity contribution < 1.29 is 27.2 Å². The molecule has 1 saturated heterocycles. The highest BCUT2D eigenvalue weighted by molar-refractivity contribution is 5.94. The molecule has 0 atom stereocenters. The fraction of sp³-hybridized carbons (Fsp3) is 0.481. The van der Waals surface area contributed by atoms with E-state index in [1.807, 2.05) is 4.90 Å². The predicted molar refractivity (Wildman–Crippen MR) is 124 cm³/mol. The average molecular weight is 491 g/mol. The fourth-order valence-electron chi connectivity index (χ4n) is 5.11. The molecule has 1 saturated carbocycles. The lowest BCUT2D eigenvalue weighted by Gasteiger charge is -2.39. The first-order chi connectivity index (χ1) is 16.7. The van der Waals surface area contributed by atoms with Gasteiger partial charge < -0.3 is 9.80 Å². The third kappa shape index (κ3) is 6.21. The van der Waals surface area contributed by atoms with E-state index in [-0.39, 0.29) is 35.2 Å². The number of hydrogen-bond donors (Lipinski definition) is 0. The summed E-state index contributed by atoms with van der Waals surface area (Å²) in [5.74, 6) is -0.772. The van der Waals surface area contributed by atoms with Crippen molar-refractivity contribution in [2.24, 2.45) is 5.92 Å². The first kappa shape index (κ1) is 25.2. The second kappa shape index (κ2) is 10.8. The van der Waals surface area contributed by atoms with Crippen molar-refractivity contribution in [1.29, 1.82) is 0 Å². The van der Waals surface area contributed by atoms with E-state index in [0.29, 0.717) is 32.5 Å². The molecular weight excluding hydrogens is 460 g/mol. The van der Waals surface area contributed by atoms with Crippen molar-refractivity contribution in [3.63, 3.8) is 0 Å². The van der Waals surface area contributed by atoms with Crippen molar-refractivity contribution in [3.05, 3.63) is 71.0 Å². The van der Waals surface area contributed by atoms with Crippen LogP contribution < -0.4 is 0 Å². The first-order valence-electron chi connectivity index (χ1n) is 12.2. The molecule has 0 radical (unpaired) electrons. The van der Waals surface area contributed by atoms with E-state index in [2.05, 4.69) is 0 Å². The molecule has 2 amide bonds. The van der Waals surface area contributed by atoms with Gasteiger partial charge in [0.2, 0.25) is 5.91 Å². The van der Waals surface area contributed by atoms with Crippen LogP contribution in [0.5, 0.6) is 0 Å². The van der Waals surface area contributed by atoms with E-state index in [4.69, 9.17) is 0 Å². The van der Waals surface area contributed by atoms with Crippen molar-refractivity contribution >= 4 is 11.8 Å². The molecule has 0 aromatic heterocycles. The number of alkyl halides is 3.